The summed E-state index contributed by atoms with van der Waals surface area (Å²) in [6, 6.07) is 6.20. The van der Waals surface area contributed by atoms with Gasteiger partial charge in [0.1, 0.15) is 5.75 Å². The molecule has 0 bridgehead atoms. The molecule has 0 fully saturated rings. The lowest BCUT2D eigenvalue weighted by molar-refractivity contribution is 0.491. The van der Waals surface area contributed by atoms with Crippen molar-refractivity contribution in [3.8, 4) is 11.8 Å². The number of nitrogens with zero attached hydrogens (tertiary/aromatic N) is 1. The summed E-state index contributed by atoms with van der Waals surface area (Å²) in [6.45, 7) is 15.1. The van der Waals surface area contributed by atoms with Gasteiger partial charge in [0, 0.05) is 0 Å². The highest BCUT2D eigenvalue weighted by Gasteiger charge is 2.39. The molecular weight excluding hydrogens is 238 g/mol. The van der Waals surface area contributed by atoms with Crippen LogP contribution in [0.5, 0.6) is 5.75 Å². The number of rotatable bonds is 2. The second kappa shape index (κ2) is 4.77. The van der Waals surface area contributed by atoms with Gasteiger partial charge in [0.15, 0.2) is 0 Å². The molecule has 0 amide bonds. The molecule has 0 saturated heterocycles. The number of aryl methyl sites for hydroxylation is 2. The molecule has 0 atom stereocenters. The number of nitriles is 1. The molecule has 3 heteroatoms. The van der Waals surface area contributed by atoms with Gasteiger partial charge in [0.05, 0.1) is 11.6 Å². The van der Waals surface area contributed by atoms with Crippen molar-refractivity contribution in [2.45, 2.75) is 52.8 Å². The van der Waals surface area contributed by atoms with Crippen LogP contribution in [0.4, 0.5) is 0 Å². The molecule has 0 spiro atoms. The average Bonchev–Trinajstić information content (AvgIpc) is 2.14. The Morgan fingerprint density at radius 1 is 1.11 bits per heavy atom. The zero-order chi connectivity index (χ0) is 14.1. The Kier molecular flexibility index (Phi) is 3.92. The van der Waals surface area contributed by atoms with Gasteiger partial charge in [0.25, 0.3) is 0 Å². The van der Waals surface area contributed by atoms with Crippen molar-refractivity contribution >= 4 is 8.32 Å². The molecule has 0 saturated carbocycles. The lowest BCUT2D eigenvalue weighted by atomic mass is 10.0. The van der Waals surface area contributed by atoms with Crippen LogP contribution >= 0.6 is 0 Å². The summed E-state index contributed by atoms with van der Waals surface area (Å²) >= 11 is 0. The van der Waals surface area contributed by atoms with Crippen LogP contribution in [0.25, 0.3) is 0 Å². The van der Waals surface area contributed by atoms with Crippen molar-refractivity contribution in [3.05, 3.63) is 28.8 Å². The Balaban J connectivity index is 3.12. The van der Waals surface area contributed by atoms with Gasteiger partial charge in [-0.05, 0) is 55.2 Å². The largest absolute Gasteiger partial charge is 0.543 e. The Bertz CT molecular complexity index is 469. The molecule has 0 heterocycles. The molecule has 2 nitrogen and oxygen atoms in total. The summed E-state index contributed by atoms with van der Waals surface area (Å²) in [5, 5.41) is 9.25. The maximum Gasteiger partial charge on any atom is 0.250 e. The minimum atomic E-state index is -1.80. The van der Waals surface area contributed by atoms with E-state index in [1.165, 1.54) is 0 Å². The van der Waals surface area contributed by atoms with E-state index in [1.807, 2.05) is 26.0 Å². The number of benzene rings is 1. The standard InChI is InChI=1S/C15H23NOSi/c1-11-8-13(9-12(2)14(11)10-16)17-18(6,7)15(3,4)5/h8-9H,1-7H3. The molecule has 1 rings (SSSR count). The van der Waals surface area contributed by atoms with Crippen LogP contribution in [-0.2, 0) is 0 Å². The van der Waals surface area contributed by atoms with E-state index >= 15 is 0 Å². The molecule has 0 radical (unpaired) electrons. The Morgan fingerprint density at radius 2 is 1.56 bits per heavy atom. The third-order valence-corrected chi connectivity index (χ3v) is 8.16. The van der Waals surface area contributed by atoms with Crippen molar-refractivity contribution < 1.29 is 4.43 Å². The van der Waals surface area contributed by atoms with Gasteiger partial charge in [-0.1, -0.05) is 20.8 Å². The summed E-state index contributed by atoms with van der Waals surface area (Å²) in [5.41, 5.74) is 2.75. The van der Waals surface area contributed by atoms with E-state index in [0.29, 0.717) is 0 Å². The van der Waals surface area contributed by atoms with Gasteiger partial charge < -0.3 is 4.43 Å². The summed E-state index contributed by atoms with van der Waals surface area (Å²) in [5.74, 6) is 0.899. The molecule has 0 aromatic heterocycles. The fraction of sp³-hybridized carbons (Fsp3) is 0.533. The molecule has 0 aliphatic rings. The quantitative estimate of drug-likeness (QED) is 0.731. The molecule has 0 aliphatic heterocycles. The van der Waals surface area contributed by atoms with Crippen molar-refractivity contribution in [3.63, 3.8) is 0 Å². The van der Waals surface area contributed by atoms with Gasteiger partial charge in [-0.3, -0.25) is 0 Å². The van der Waals surface area contributed by atoms with Crippen LogP contribution < -0.4 is 4.43 Å². The zero-order valence-corrected chi connectivity index (χ0v) is 13.5. The van der Waals surface area contributed by atoms with Crippen molar-refractivity contribution in [1.29, 1.82) is 5.26 Å². The van der Waals surface area contributed by atoms with Crippen molar-refractivity contribution in [2.75, 3.05) is 0 Å². The SMILES string of the molecule is Cc1cc(O[Si](C)(C)C(C)(C)C)cc(C)c1C#N. The monoisotopic (exact) mass is 261 g/mol. The van der Waals surface area contributed by atoms with E-state index in [-0.39, 0.29) is 5.04 Å². The fourth-order valence-electron chi connectivity index (χ4n) is 1.61. The van der Waals surface area contributed by atoms with Crippen molar-refractivity contribution in [1.82, 2.24) is 0 Å². The minimum Gasteiger partial charge on any atom is -0.543 e. The molecule has 1 aromatic rings. The summed E-state index contributed by atoms with van der Waals surface area (Å²) in [4.78, 5) is 0. The lowest BCUT2D eigenvalue weighted by Crippen LogP contribution is -2.43. The number of hydrogen-bond acceptors (Lipinski definition) is 2. The van der Waals surface area contributed by atoms with Crippen molar-refractivity contribution in [2.24, 2.45) is 0 Å². The van der Waals surface area contributed by atoms with Crippen LogP contribution in [0, 0.1) is 25.2 Å². The van der Waals surface area contributed by atoms with E-state index in [4.69, 9.17) is 9.69 Å². The summed E-state index contributed by atoms with van der Waals surface area (Å²) in [6.07, 6.45) is 0. The fourth-order valence-corrected chi connectivity index (χ4v) is 2.62. The Labute approximate surface area is 112 Å². The maximum atomic E-state index is 9.07. The van der Waals surface area contributed by atoms with Gasteiger partial charge in [0.2, 0.25) is 8.32 Å². The van der Waals surface area contributed by atoms with E-state index in [1.54, 1.807) is 0 Å². The van der Waals surface area contributed by atoms with Gasteiger partial charge in [-0.25, -0.2) is 0 Å². The third kappa shape index (κ3) is 2.94. The van der Waals surface area contributed by atoms with Crippen LogP contribution in [-0.4, -0.2) is 8.32 Å². The Hall–Kier alpha value is -1.27. The first kappa shape index (κ1) is 14.8. The van der Waals surface area contributed by atoms with Crippen LogP contribution in [0.1, 0.15) is 37.5 Å². The van der Waals surface area contributed by atoms with Crippen LogP contribution in [0.15, 0.2) is 12.1 Å². The maximum absolute atomic E-state index is 9.07. The highest BCUT2D eigenvalue weighted by Crippen LogP contribution is 2.37. The topological polar surface area (TPSA) is 33.0 Å². The summed E-state index contributed by atoms with van der Waals surface area (Å²) < 4.78 is 6.26. The first-order valence-electron chi connectivity index (χ1n) is 6.29. The van der Waals surface area contributed by atoms with Gasteiger partial charge >= 0.3 is 0 Å². The predicted molar refractivity (Wildman–Crippen MR) is 78.5 cm³/mol. The lowest BCUT2D eigenvalue weighted by Gasteiger charge is -2.36. The number of hydrogen-bond donors (Lipinski definition) is 0. The van der Waals surface area contributed by atoms with Gasteiger partial charge in [-0.2, -0.15) is 5.26 Å². The molecule has 0 aliphatic carbocycles. The molecular formula is C15H23NOSi. The van der Waals surface area contributed by atoms with Crippen LogP contribution in [0.3, 0.4) is 0 Å². The van der Waals surface area contributed by atoms with E-state index < -0.39 is 8.32 Å². The normalized spacial score (nSPS) is 12.1. The predicted octanol–water partition coefficient (Wildman–Crippen LogP) is 4.56. The first-order chi connectivity index (χ1) is 8.08. The third-order valence-electron chi connectivity index (χ3n) is 3.80. The average molecular weight is 261 g/mol. The Morgan fingerprint density at radius 3 is 1.89 bits per heavy atom. The highest BCUT2D eigenvalue weighted by molar-refractivity contribution is 6.74. The molecule has 98 valence electrons. The van der Waals surface area contributed by atoms with Gasteiger partial charge in [-0.15, -0.1) is 0 Å². The second-order valence-electron chi connectivity index (χ2n) is 6.41. The molecule has 0 unspecified atom stereocenters. The first-order valence-corrected chi connectivity index (χ1v) is 9.19. The minimum absolute atomic E-state index is 0.183. The molecule has 0 N–H and O–H groups in total. The zero-order valence-electron chi connectivity index (χ0n) is 12.5. The highest BCUT2D eigenvalue weighted by atomic mass is 28.4. The molecule has 1 aromatic carbocycles. The second-order valence-corrected chi connectivity index (χ2v) is 11.1. The molecule has 18 heavy (non-hydrogen) atoms. The summed E-state index contributed by atoms with van der Waals surface area (Å²) in [7, 11) is -1.80. The van der Waals surface area contributed by atoms with Crippen LogP contribution in [0.2, 0.25) is 18.1 Å². The van der Waals surface area contributed by atoms with E-state index in [9.17, 15) is 0 Å². The van der Waals surface area contributed by atoms with E-state index in [2.05, 4.69) is 39.9 Å². The smallest absolute Gasteiger partial charge is 0.250 e. The van der Waals surface area contributed by atoms with E-state index in [0.717, 1.165) is 22.4 Å².